The van der Waals surface area contributed by atoms with Crippen LogP contribution in [0.5, 0.6) is 0 Å². The normalized spacial score (nSPS) is 14.1. The van der Waals surface area contributed by atoms with Crippen LogP contribution in [0.2, 0.25) is 0 Å². The third-order valence-electron chi connectivity index (χ3n) is 5.47. The number of anilines is 1. The number of carbonyl (C=O) groups is 2. The van der Waals surface area contributed by atoms with Gasteiger partial charge in [-0.1, -0.05) is 18.2 Å². The summed E-state index contributed by atoms with van der Waals surface area (Å²) in [6.45, 7) is 5.98. The Morgan fingerprint density at radius 3 is 2.38 bits per heavy atom. The van der Waals surface area contributed by atoms with E-state index in [1.165, 1.54) is 0 Å². The molecule has 2 N–H and O–H groups in total. The zero-order valence-electron chi connectivity index (χ0n) is 20.5. The lowest BCUT2D eigenvalue weighted by molar-refractivity contribution is -0.128. The quantitative estimate of drug-likeness (QED) is 0.538. The van der Waals surface area contributed by atoms with E-state index in [0.717, 1.165) is 36.2 Å². The summed E-state index contributed by atoms with van der Waals surface area (Å²) in [5.41, 5.74) is 8.34. The molecule has 0 radical (unpaired) electrons. The van der Waals surface area contributed by atoms with Crippen molar-refractivity contribution in [1.82, 2.24) is 19.8 Å². The van der Waals surface area contributed by atoms with Crippen LogP contribution >= 0.6 is 0 Å². The molecule has 1 fully saturated rings. The molecule has 1 aliphatic rings. The van der Waals surface area contributed by atoms with Crippen LogP contribution in [0.15, 0.2) is 36.7 Å². The molecule has 34 heavy (non-hydrogen) atoms. The lowest BCUT2D eigenvalue weighted by atomic mass is 10.1. The van der Waals surface area contributed by atoms with Gasteiger partial charge in [0.2, 0.25) is 18.3 Å². The van der Waals surface area contributed by atoms with Crippen molar-refractivity contribution in [2.45, 2.75) is 19.6 Å². The van der Waals surface area contributed by atoms with Crippen LogP contribution in [0.3, 0.4) is 0 Å². The molecule has 1 aromatic heterocycles. The van der Waals surface area contributed by atoms with E-state index in [1.54, 1.807) is 31.1 Å². The van der Waals surface area contributed by atoms with E-state index >= 15 is 0 Å². The second-order valence-corrected chi connectivity index (χ2v) is 8.06. The van der Waals surface area contributed by atoms with Crippen molar-refractivity contribution in [3.8, 4) is 11.1 Å². The van der Waals surface area contributed by atoms with Gasteiger partial charge >= 0.3 is 0 Å². The first-order valence-corrected chi connectivity index (χ1v) is 11.2. The number of amides is 2. The number of carbonyl (C=O) groups excluding carboxylic acids is 2. The second-order valence-electron chi connectivity index (χ2n) is 8.06. The van der Waals surface area contributed by atoms with E-state index in [0.29, 0.717) is 32.2 Å². The smallest absolute Gasteiger partial charge is 0.236 e. The Morgan fingerprint density at radius 1 is 1.18 bits per heavy atom. The molecule has 0 aliphatic carbocycles. The fourth-order valence-electron chi connectivity index (χ4n) is 3.33. The minimum Gasteiger partial charge on any atom is -0.382 e. The third-order valence-corrected chi connectivity index (χ3v) is 5.47. The van der Waals surface area contributed by atoms with Crippen molar-refractivity contribution in [1.29, 1.82) is 0 Å². The summed E-state index contributed by atoms with van der Waals surface area (Å²) < 4.78 is 9.64. The molecule has 1 unspecified atom stereocenters. The minimum absolute atomic E-state index is 0.00655. The van der Waals surface area contributed by atoms with E-state index in [1.807, 2.05) is 43.6 Å². The number of nitrogens with two attached hydrogens (primary N) is 1. The zero-order chi connectivity index (χ0) is 24.9. The number of methoxy groups -OCH3 is 2. The van der Waals surface area contributed by atoms with Crippen LogP contribution in [0, 0.1) is 0 Å². The summed E-state index contributed by atoms with van der Waals surface area (Å²) in [7, 11) is 5.07. The second kappa shape index (κ2) is 14.2. The van der Waals surface area contributed by atoms with Gasteiger partial charge in [0.15, 0.2) is 0 Å². The number of benzene rings is 1. The number of rotatable bonds is 9. The molecular formula is C24H36N6O4. The first-order chi connectivity index (χ1) is 16.4. The fraction of sp³-hybridized carbons (Fsp3) is 0.500. The molecule has 2 aromatic rings. The molecule has 1 atom stereocenters. The summed E-state index contributed by atoms with van der Waals surface area (Å²) in [6.07, 6.45) is 4.72. The highest BCUT2D eigenvalue weighted by molar-refractivity contribution is 5.77. The number of hydrogen-bond acceptors (Lipinski definition) is 8. The molecule has 2 heterocycles. The van der Waals surface area contributed by atoms with Gasteiger partial charge in [-0.2, -0.15) is 0 Å². The topological polar surface area (TPSA) is 114 Å². The van der Waals surface area contributed by atoms with Gasteiger partial charge in [0.1, 0.15) is 0 Å². The molecule has 186 valence electrons. The molecule has 0 bridgehead atoms. The van der Waals surface area contributed by atoms with E-state index in [9.17, 15) is 9.59 Å². The Balaban J connectivity index is 0.000000509. The van der Waals surface area contributed by atoms with Gasteiger partial charge in [0.05, 0.1) is 19.3 Å². The van der Waals surface area contributed by atoms with E-state index in [-0.39, 0.29) is 18.6 Å². The Hall–Kier alpha value is -3.08. The number of hydrogen-bond donors (Lipinski definition) is 1. The average Bonchev–Trinajstić information content (AvgIpc) is 2.89. The van der Waals surface area contributed by atoms with Crippen molar-refractivity contribution in [2.24, 2.45) is 5.73 Å². The SMILES string of the molecule is CN(Cc1cccc(-c2cnc(N3CCN(C=O)CC3)nc2)c1)C(=O)CN.COCC(C)OC. The van der Waals surface area contributed by atoms with Crippen LogP contribution in [-0.2, 0) is 25.6 Å². The van der Waals surface area contributed by atoms with Crippen molar-refractivity contribution in [3.63, 3.8) is 0 Å². The molecule has 1 aromatic carbocycles. The van der Waals surface area contributed by atoms with Gasteiger partial charge in [-0.05, 0) is 24.1 Å². The first-order valence-electron chi connectivity index (χ1n) is 11.2. The van der Waals surface area contributed by atoms with Crippen LogP contribution in [0.1, 0.15) is 12.5 Å². The van der Waals surface area contributed by atoms with Crippen molar-refractivity contribution >= 4 is 18.3 Å². The molecule has 0 spiro atoms. The summed E-state index contributed by atoms with van der Waals surface area (Å²) in [5, 5.41) is 0. The van der Waals surface area contributed by atoms with Crippen LogP contribution < -0.4 is 10.6 Å². The minimum atomic E-state index is -0.0947. The Morgan fingerprint density at radius 2 is 1.85 bits per heavy atom. The molecule has 1 saturated heterocycles. The Bertz CT molecular complexity index is 887. The predicted octanol–water partition coefficient (Wildman–Crippen LogP) is 1.01. The maximum absolute atomic E-state index is 11.7. The number of nitrogens with zero attached hydrogens (tertiary/aromatic N) is 5. The van der Waals surface area contributed by atoms with Gasteiger partial charge < -0.3 is 29.9 Å². The summed E-state index contributed by atoms with van der Waals surface area (Å²) in [6, 6.07) is 7.96. The highest BCUT2D eigenvalue weighted by atomic mass is 16.5. The molecule has 1 aliphatic heterocycles. The number of aromatic nitrogens is 2. The summed E-state index contributed by atoms with van der Waals surface area (Å²) >= 11 is 0. The lowest BCUT2D eigenvalue weighted by Crippen LogP contribution is -2.46. The van der Waals surface area contributed by atoms with Crippen molar-refractivity contribution in [3.05, 3.63) is 42.2 Å². The summed E-state index contributed by atoms with van der Waals surface area (Å²) in [5.74, 6) is 0.580. The number of ether oxygens (including phenoxy) is 2. The van der Waals surface area contributed by atoms with E-state index in [4.69, 9.17) is 15.2 Å². The van der Waals surface area contributed by atoms with Crippen molar-refractivity contribution in [2.75, 3.05) is 65.5 Å². The number of likely N-dealkylation sites (N-methyl/N-ethyl adjacent to an activating group) is 1. The highest BCUT2D eigenvalue weighted by Crippen LogP contribution is 2.21. The highest BCUT2D eigenvalue weighted by Gasteiger charge is 2.17. The molecule has 3 rings (SSSR count). The molecular weight excluding hydrogens is 436 g/mol. The molecule has 10 heteroatoms. The Kier molecular flexibility index (Phi) is 11.4. The van der Waals surface area contributed by atoms with Gasteiger partial charge in [-0.25, -0.2) is 9.97 Å². The number of piperazine rings is 1. The molecule has 0 saturated carbocycles. The predicted molar refractivity (Wildman–Crippen MR) is 131 cm³/mol. The van der Waals surface area contributed by atoms with Crippen molar-refractivity contribution < 1.29 is 19.1 Å². The molecule has 2 amide bonds. The van der Waals surface area contributed by atoms with Crippen LogP contribution in [0.4, 0.5) is 5.95 Å². The largest absolute Gasteiger partial charge is 0.382 e. The third kappa shape index (κ3) is 8.36. The maximum atomic E-state index is 11.7. The Labute approximate surface area is 201 Å². The van der Waals surface area contributed by atoms with Gasteiger partial charge in [0, 0.05) is 71.9 Å². The monoisotopic (exact) mass is 472 g/mol. The van der Waals surface area contributed by atoms with Gasteiger partial charge in [0.25, 0.3) is 0 Å². The zero-order valence-corrected chi connectivity index (χ0v) is 20.5. The summed E-state index contributed by atoms with van der Waals surface area (Å²) in [4.78, 5) is 36.9. The average molecular weight is 473 g/mol. The standard InChI is InChI=1S/C19H24N6O2.C5H12O2/c1-23(18(27)10-20)13-15-3-2-4-16(9-15)17-11-21-19(22-12-17)25-7-5-24(14-26)6-8-25;1-5(7-3)4-6-2/h2-4,9,11-12,14H,5-8,10,13,20H2,1H3;5H,4H2,1-3H3. The van der Waals surface area contributed by atoms with E-state index < -0.39 is 0 Å². The fourth-order valence-corrected chi connectivity index (χ4v) is 3.33. The lowest BCUT2D eigenvalue weighted by Gasteiger charge is -2.32. The first kappa shape index (κ1) is 27.2. The molecule has 10 nitrogen and oxygen atoms in total. The maximum Gasteiger partial charge on any atom is 0.236 e. The van der Waals surface area contributed by atoms with Crippen LogP contribution in [-0.4, -0.2) is 98.8 Å². The van der Waals surface area contributed by atoms with Gasteiger partial charge in [-0.3, -0.25) is 9.59 Å². The van der Waals surface area contributed by atoms with E-state index in [2.05, 4.69) is 14.9 Å². The van der Waals surface area contributed by atoms with Crippen LogP contribution in [0.25, 0.3) is 11.1 Å². The van der Waals surface area contributed by atoms with Gasteiger partial charge in [-0.15, -0.1) is 0 Å².